The minimum atomic E-state index is -3.99. The van der Waals surface area contributed by atoms with Crippen molar-refractivity contribution in [3.63, 3.8) is 0 Å². The molecule has 0 aliphatic carbocycles. The van der Waals surface area contributed by atoms with Gasteiger partial charge in [-0.25, -0.2) is 21.6 Å². The van der Waals surface area contributed by atoms with Gasteiger partial charge in [-0.05, 0) is 43.4 Å². The van der Waals surface area contributed by atoms with Crippen molar-refractivity contribution in [2.24, 2.45) is 0 Å². The van der Waals surface area contributed by atoms with Crippen molar-refractivity contribution in [3.8, 4) is 0 Å². The van der Waals surface area contributed by atoms with E-state index in [4.69, 9.17) is 0 Å². The quantitative estimate of drug-likeness (QED) is 0.504. The molecule has 0 spiro atoms. The fourth-order valence-corrected chi connectivity index (χ4v) is 5.95. The number of H-pyrrole nitrogens is 1. The summed E-state index contributed by atoms with van der Waals surface area (Å²) < 4.78 is 68.4. The Hall–Kier alpha value is -3.42. The summed E-state index contributed by atoms with van der Waals surface area (Å²) in [6.07, 6.45) is -2.77. The molecule has 2 aromatic carbocycles. The normalized spacial score (nSPS) is 16.8. The molecule has 5 rings (SSSR count). The van der Waals surface area contributed by atoms with E-state index in [9.17, 15) is 26.4 Å². The number of likely N-dealkylation sites (N-methyl/N-ethyl adjacent to an activating group) is 1. The first kappa shape index (κ1) is 25.2. The predicted molar refractivity (Wildman–Crippen MR) is 130 cm³/mol. The zero-order valence-electron chi connectivity index (χ0n) is 19.9. The number of carbonyl (C=O) groups is 1. The first-order chi connectivity index (χ1) is 17.6. The van der Waals surface area contributed by atoms with Crippen LogP contribution in [0, 0.1) is 5.82 Å². The highest BCUT2D eigenvalue weighted by Crippen LogP contribution is 2.34. The fourth-order valence-electron chi connectivity index (χ4n) is 4.55. The standard InChI is InChI=1S/C24H25F3N6O3S/c1-31-7-9-32(10-8-31)21-6-5-15(11-18(21)22(26)27)24(34)28-23-19-13-33(14-20(19)29-30-23)37(35,36)17-4-2-3-16(25)12-17/h2-6,11-12,22H,7-10,13-14H2,1H3,(H2,28,29,30,34). The number of halogens is 3. The Morgan fingerprint density at radius 2 is 1.84 bits per heavy atom. The van der Waals surface area contributed by atoms with Crippen LogP contribution in [0.1, 0.15) is 33.6 Å². The smallest absolute Gasteiger partial charge is 0.265 e. The minimum Gasteiger partial charge on any atom is -0.369 e. The molecule has 1 fully saturated rings. The van der Waals surface area contributed by atoms with E-state index in [0.717, 1.165) is 29.5 Å². The highest BCUT2D eigenvalue weighted by molar-refractivity contribution is 7.89. The Morgan fingerprint density at radius 1 is 1.08 bits per heavy atom. The lowest BCUT2D eigenvalue weighted by atomic mass is 10.1. The van der Waals surface area contributed by atoms with Crippen molar-refractivity contribution < 1.29 is 26.4 Å². The third-order valence-corrected chi connectivity index (χ3v) is 8.44. The summed E-state index contributed by atoms with van der Waals surface area (Å²) in [4.78, 5) is 16.8. The van der Waals surface area contributed by atoms with Gasteiger partial charge in [0.05, 0.1) is 17.1 Å². The first-order valence-corrected chi connectivity index (χ1v) is 13.1. The van der Waals surface area contributed by atoms with E-state index in [-0.39, 0.29) is 34.9 Å². The second-order valence-electron chi connectivity index (χ2n) is 9.08. The maximum Gasteiger partial charge on any atom is 0.265 e. The van der Waals surface area contributed by atoms with Crippen LogP contribution in [-0.4, -0.2) is 67.0 Å². The van der Waals surface area contributed by atoms with Crippen molar-refractivity contribution >= 4 is 27.4 Å². The number of alkyl halides is 2. The Balaban J connectivity index is 1.33. The highest BCUT2D eigenvalue weighted by Gasteiger charge is 2.34. The van der Waals surface area contributed by atoms with E-state index in [2.05, 4.69) is 20.4 Å². The number of carbonyl (C=O) groups excluding carboxylic acids is 1. The first-order valence-electron chi connectivity index (χ1n) is 11.6. The number of aromatic amines is 1. The summed E-state index contributed by atoms with van der Waals surface area (Å²) in [6, 6.07) is 8.91. The average molecular weight is 535 g/mol. The summed E-state index contributed by atoms with van der Waals surface area (Å²) in [6.45, 7) is 2.59. The van der Waals surface area contributed by atoms with Crippen LogP contribution in [0.5, 0.6) is 0 Å². The van der Waals surface area contributed by atoms with Gasteiger partial charge in [-0.3, -0.25) is 9.89 Å². The van der Waals surface area contributed by atoms with Gasteiger partial charge < -0.3 is 15.1 Å². The third kappa shape index (κ3) is 4.93. The average Bonchev–Trinajstić information content (AvgIpc) is 3.47. The van der Waals surface area contributed by atoms with Crippen LogP contribution in [0.15, 0.2) is 47.4 Å². The van der Waals surface area contributed by atoms with Crippen molar-refractivity contribution in [2.45, 2.75) is 24.4 Å². The molecule has 37 heavy (non-hydrogen) atoms. The van der Waals surface area contributed by atoms with E-state index in [1.54, 1.807) is 0 Å². The van der Waals surface area contributed by atoms with Crippen LogP contribution in [0.25, 0.3) is 0 Å². The van der Waals surface area contributed by atoms with Gasteiger partial charge in [0.25, 0.3) is 12.3 Å². The minimum absolute atomic E-state index is 0.0344. The highest BCUT2D eigenvalue weighted by atomic mass is 32.2. The van der Waals surface area contributed by atoms with Gasteiger partial charge in [0, 0.05) is 55.1 Å². The van der Waals surface area contributed by atoms with Crippen LogP contribution in [0.4, 0.5) is 24.7 Å². The van der Waals surface area contributed by atoms with Gasteiger partial charge in [-0.2, -0.15) is 9.40 Å². The molecule has 196 valence electrons. The molecule has 2 aliphatic rings. The van der Waals surface area contributed by atoms with Crippen LogP contribution in [0.3, 0.4) is 0 Å². The topological polar surface area (TPSA) is 102 Å². The number of nitrogens with zero attached hydrogens (tertiary/aromatic N) is 4. The number of nitrogens with one attached hydrogen (secondary N) is 2. The number of piperazine rings is 1. The van der Waals surface area contributed by atoms with Gasteiger partial charge in [0.15, 0.2) is 5.82 Å². The zero-order valence-corrected chi connectivity index (χ0v) is 20.7. The number of rotatable bonds is 6. The lowest BCUT2D eigenvalue weighted by molar-refractivity contribution is 0.102. The number of anilines is 2. The van der Waals surface area contributed by atoms with Crippen LogP contribution in [0.2, 0.25) is 0 Å². The number of sulfonamides is 1. The Morgan fingerprint density at radius 3 is 2.54 bits per heavy atom. The third-order valence-electron chi connectivity index (χ3n) is 6.66. The number of aromatic nitrogens is 2. The molecule has 0 unspecified atom stereocenters. The number of hydrogen-bond donors (Lipinski definition) is 2. The molecule has 3 heterocycles. The maximum atomic E-state index is 13.9. The van der Waals surface area contributed by atoms with Crippen LogP contribution >= 0.6 is 0 Å². The van der Waals surface area contributed by atoms with Crippen molar-refractivity contribution in [1.82, 2.24) is 19.4 Å². The van der Waals surface area contributed by atoms with Crippen molar-refractivity contribution in [1.29, 1.82) is 0 Å². The molecule has 0 radical (unpaired) electrons. The molecule has 1 aromatic heterocycles. The molecule has 13 heteroatoms. The molecule has 1 amide bonds. The molecule has 3 aromatic rings. The predicted octanol–water partition coefficient (Wildman–Crippen LogP) is 3.20. The lowest BCUT2D eigenvalue weighted by Crippen LogP contribution is -2.44. The van der Waals surface area contributed by atoms with Gasteiger partial charge in [-0.1, -0.05) is 6.07 Å². The molecule has 2 aliphatic heterocycles. The van der Waals surface area contributed by atoms with E-state index in [1.807, 2.05) is 11.9 Å². The zero-order chi connectivity index (χ0) is 26.3. The Labute approximate surface area is 211 Å². The molecular formula is C24H25F3N6O3S. The van der Waals surface area contributed by atoms with Crippen LogP contribution in [-0.2, 0) is 23.1 Å². The molecule has 1 saturated heterocycles. The molecule has 0 atom stereocenters. The van der Waals surface area contributed by atoms with Gasteiger partial charge in [-0.15, -0.1) is 0 Å². The Kier molecular flexibility index (Phi) is 6.68. The molecular weight excluding hydrogens is 509 g/mol. The molecule has 2 N–H and O–H groups in total. The van der Waals surface area contributed by atoms with Crippen molar-refractivity contribution in [3.05, 3.63) is 70.7 Å². The van der Waals surface area contributed by atoms with E-state index >= 15 is 0 Å². The summed E-state index contributed by atoms with van der Waals surface area (Å²) in [5, 5.41) is 9.38. The number of amides is 1. The van der Waals surface area contributed by atoms with E-state index < -0.39 is 28.2 Å². The van der Waals surface area contributed by atoms with Gasteiger partial charge >= 0.3 is 0 Å². The molecule has 9 nitrogen and oxygen atoms in total. The van der Waals surface area contributed by atoms with Gasteiger partial charge in [0.1, 0.15) is 5.82 Å². The Bertz CT molecular complexity index is 1440. The number of hydrogen-bond acceptors (Lipinski definition) is 6. The lowest BCUT2D eigenvalue weighted by Gasteiger charge is -2.35. The molecule has 0 bridgehead atoms. The van der Waals surface area contributed by atoms with Gasteiger partial charge in [0.2, 0.25) is 10.0 Å². The number of benzene rings is 2. The summed E-state index contributed by atoms with van der Waals surface area (Å²) in [5.41, 5.74) is 1.15. The van der Waals surface area contributed by atoms with E-state index in [0.29, 0.717) is 30.0 Å². The summed E-state index contributed by atoms with van der Waals surface area (Å²) >= 11 is 0. The summed E-state index contributed by atoms with van der Waals surface area (Å²) in [7, 11) is -2.02. The number of fused-ring (bicyclic) bond motifs is 1. The second kappa shape index (κ2) is 9.80. The largest absolute Gasteiger partial charge is 0.369 e. The summed E-state index contributed by atoms with van der Waals surface area (Å²) in [5.74, 6) is -1.21. The van der Waals surface area contributed by atoms with E-state index in [1.165, 1.54) is 30.3 Å². The molecule has 0 saturated carbocycles. The van der Waals surface area contributed by atoms with Crippen LogP contribution < -0.4 is 10.2 Å². The van der Waals surface area contributed by atoms with Crippen molar-refractivity contribution in [2.75, 3.05) is 43.4 Å². The second-order valence-corrected chi connectivity index (χ2v) is 11.0. The SMILES string of the molecule is CN1CCN(c2ccc(C(=O)Nc3n[nH]c4c3CN(S(=O)(=O)c3cccc(F)c3)C4)cc2C(F)F)CC1. The fraction of sp³-hybridized carbons (Fsp3) is 0.333. The maximum absolute atomic E-state index is 13.9. The monoisotopic (exact) mass is 534 g/mol.